The monoisotopic (exact) mass is 556 g/mol. The summed E-state index contributed by atoms with van der Waals surface area (Å²) in [7, 11) is 0. The second kappa shape index (κ2) is 9.09. The van der Waals surface area contributed by atoms with Gasteiger partial charge in [0.1, 0.15) is 6.10 Å². The van der Waals surface area contributed by atoms with Crippen molar-refractivity contribution in [3.05, 3.63) is 0 Å². The number of alkyl halides is 12. The lowest BCUT2D eigenvalue weighted by Gasteiger charge is -2.50. The van der Waals surface area contributed by atoms with Crippen LogP contribution in [0.1, 0.15) is 52.4 Å². The molecule has 2 aliphatic rings. The molecule has 0 spiro atoms. The van der Waals surface area contributed by atoms with Gasteiger partial charge >= 0.3 is 30.7 Å². The molecule has 2 aliphatic carbocycles. The molecule has 0 aliphatic heterocycles. The summed E-state index contributed by atoms with van der Waals surface area (Å²) < 4.78 is 166. The van der Waals surface area contributed by atoms with Crippen molar-refractivity contribution in [2.24, 2.45) is 23.2 Å². The van der Waals surface area contributed by atoms with Gasteiger partial charge in [0, 0.05) is 11.8 Å². The quantitative estimate of drug-likeness (QED) is 0.330. The maximum Gasteiger partial charge on any atom is 0.426 e. The van der Waals surface area contributed by atoms with E-state index in [4.69, 9.17) is 4.74 Å². The molecule has 4 unspecified atom stereocenters. The van der Waals surface area contributed by atoms with Crippen LogP contribution in [0, 0.1) is 23.2 Å². The molecule has 4 atom stereocenters. The van der Waals surface area contributed by atoms with Gasteiger partial charge in [0.2, 0.25) is 0 Å². The molecule has 0 heterocycles. The van der Waals surface area contributed by atoms with E-state index in [-0.39, 0.29) is 18.8 Å². The Kier molecular flexibility index (Phi) is 7.77. The number of carbonyl (C=O) groups is 1. The third-order valence-electron chi connectivity index (χ3n) is 7.85. The summed E-state index contributed by atoms with van der Waals surface area (Å²) in [5.41, 5.74) is -12.8. The molecular weight excluding hydrogens is 532 g/mol. The number of aliphatic hydroxyl groups is 2. The van der Waals surface area contributed by atoms with Gasteiger partial charge in [-0.25, -0.2) is 0 Å². The Morgan fingerprint density at radius 3 is 1.36 bits per heavy atom. The first-order valence-corrected chi connectivity index (χ1v) is 10.8. The van der Waals surface area contributed by atoms with Crippen molar-refractivity contribution in [3.63, 3.8) is 0 Å². The minimum atomic E-state index is -6.58. The van der Waals surface area contributed by atoms with E-state index in [0.29, 0.717) is 6.42 Å². The van der Waals surface area contributed by atoms with Gasteiger partial charge < -0.3 is 14.9 Å². The van der Waals surface area contributed by atoms with Crippen LogP contribution in [0.3, 0.4) is 0 Å². The van der Waals surface area contributed by atoms with E-state index in [9.17, 15) is 67.7 Å². The molecule has 0 amide bonds. The molecule has 16 heteroatoms. The molecule has 0 aromatic heterocycles. The van der Waals surface area contributed by atoms with Crippen LogP contribution in [0.2, 0.25) is 0 Å². The van der Waals surface area contributed by atoms with Gasteiger partial charge in [-0.1, -0.05) is 13.8 Å². The van der Waals surface area contributed by atoms with Gasteiger partial charge in [-0.05, 0) is 44.4 Å². The summed E-state index contributed by atoms with van der Waals surface area (Å²) in [6.07, 6.45) is -33.1. The Morgan fingerprint density at radius 1 is 0.778 bits per heavy atom. The third kappa shape index (κ3) is 4.64. The lowest BCUT2D eigenvalue weighted by molar-refractivity contribution is -0.405. The normalized spacial score (nSPS) is 31.1. The van der Waals surface area contributed by atoms with Crippen molar-refractivity contribution in [1.29, 1.82) is 0 Å². The van der Waals surface area contributed by atoms with E-state index in [1.54, 1.807) is 6.92 Å². The Hall–Kier alpha value is -1.45. The number of hydrogen-bond acceptors (Lipinski definition) is 4. The molecule has 2 N–H and O–H groups in total. The Labute approximate surface area is 197 Å². The van der Waals surface area contributed by atoms with E-state index in [1.165, 1.54) is 6.92 Å². The van der Waals surface area contributed by atoms with E-state index in [1.807, 2.05) is 0 Å². The van der Waals surface area contributed by atoms with Crippen molar-refractivity contribution >= 4 is 5.97 Å². The van der Waals surface area contributed by atoms with Gasteiger partial charge in [-0.2, -0.15) is 52.7 Å². The highest BCUT2D eigenvalue weighted by atomic mass is 19.4. The van der Waals surface area contributed by atoms with Crippen LogP contribution in [0.25, 0.3) is 0 Å². The molecule has 0 aromatic carbocycles. The van der Waals surface area contributed by atoms with Crippen molar-refractivity contribution in [3.8, 4) is 0 Å². The topological polar surface area (TPSA) is 66.8 Å². The molecule has 2 rings (SSSR count). The van der Waals surface area contributed by atoms with Crippen LogP contribution in [-0.4, -0.2) is 58.2 Å². The first kappa shape index (κ1) is 30.8. The molecule has 2 saturated carbocycles. The van der Waals surface area contributed by atoms with Crippen molar-refractivity contribution in [2.75, 3.05) is 0 Å². The van der Waals surface area contributed by atoms with Crippen LogP contribution < -0.4 is 0 Å². The van der Waals surface area contributed by atoms with Crippen molar-refractivity contribution in [2.45, 2.75) is 94.4 Å². The summed E-state index contributed by atoms with van der Waals surface area (Å²) in [4.78, 5) is 12.7. The van der Waals surface area contributed by atoms with Crippen molar-refractivity contribution < 1.29 is 72.4 Å². The summed E-state index contributed by atoms with van der Waals surface area (Å²) in [5.74, 6) is -8.30. The molecule has 0 saturated heterocycles. The molecule has 212 valence electrons. The largest absolute Gasteiger partial charge is 0.462 e. The summed E-state index contributed by atoms with van der Waals surface area (Å²) in [6, 6.07) is 0. The standard InChI is InChI=1S/C20H24F12O4/c1-3-14(5-4-9(14)2)13(33)36-12-7-10(15(34,17(21,22)23)18(24,25)26)6-11(8-12)16(35,19(27,28)29)20(30,31)32/h9-12,34-35H,3-8H2,1-2H3. The van der Waals surface area contributed by atoms with Crippen LogP contribution in [0.4, 0.5) is 52.7 Å². The Morgan fingerprint density at radius 2 is 1.14 bits per heavy atom. The minimum Gasteiger partial charge on any atom is -0.462 e. The predicted molar refractivity (Wildman–Crippen MR) is 96.0 cm³/mol. The molecule has 0 radical (unpaired) electrons. The number of ether oxygens (including phenoxy) is 1. The fourth-order valence-electron chi connectivity index (χ4n) is 5.32. The zero-order valence-corrected chi connectivity index (χ0v) is 18.8. The van der Waals surface area contributed by atoms with E-state index >= 15 is 0 Å². The number of rotatable bonds is 5. The second-order valence-corrected chi connectivity index (χ2v) is 9.60. The highest BCUT2D eigenvalue weighted by Crippen LogP contribution is 2.58. The Bertz CT molecular complexity index is 737. The van der Waals surface area contributed by atoms with Gasteiger partial charge in [-0.3, -0.25) is 4.79 Å². The minimum absolute atomic E-state index is 0.0800. The number of carbonyl (C=O) groups excluding carboxylic acids is 1. The first-order chi connectivity index (χ1) is 15.9. The maximum absolute atomic E-state index is 13.4. The van der Waals surface area contributed by atoms with Gasteiger partial charge in [-0.15, -0.1) is 0 Å². The zero-order valence-electron chi connectivity index (χ0n) is 18.8. The summed E-state index contributed by atoms with van der Waals surface area (Å²) in [5, 5.41) is 19.4. The maximum atomic E-state index is 13.4. The highest BCUT2D eigenvalue weighted by molar-refractivity contribution is 5.78. The van der Waals surface area contributed by atoms with Crippen LogP contribution in [0.15, 0.2) is 0 Å². The van der Waals surface area contributed by atoms with Gasteiger partial charge in [0.15, 0.2) is 0 Å². The molecule has 2 fully saturated rings. The third-order valence-corrected chi connectivity index (χ3v) is 7.85. The number of halogens is 12. The van der Waals surface area contributed by atoms with Gasteiger partial charge in [0.25, 0.3) is 11.2 Å². The highest BCUT2D eigenvalue weighted by Gasteiger charge is 2.78. The summed E-state index contributed by atoms with van der Waals surface area (Å²) in [6.45, 7) is 3.07. The Balaban J connectivity index is 2.60. The van der Waals surface area contributed by atoms with Crippen LogP contribution in [0.5, 0.6) is 0 Å². The number of hydrogen-bond donors (Lipinski definition) is 2. The first-order valence-electron chi connectivity index (χ1n) is 10.8. The van der Waals surface area contributed by atoms with Crippen LogP contribution in [-0.2, 0) is 9.53 Å². The van der Waals surface area contributed by atoms with E-state index in [2.05, 4.69) is 0 Å². The predicted octanol–water partition coefficient (Wildman–Crippen LogP) is 5.85. The molecule has 0 bridgehead atoms. The fraction of sp³-hybridized carbons (Fsp3) is 0.950. The fourth-order valence-corrected chi connectivity index (χ4v) is 5.32. The molecular formula is C20H24F12O4. The number of esters is 1. The lowest BCUT2D eigenvalue weighted by atomic mass is 9.59. The average molecular weight is 556 g/mol. The van der Waals surface area contributed by atoms with Crippen LogP contribution >= 0.6 is 0 Å². The molecule has 36 heavy (non-hydrogen) atoms. The average Bonchev–Trinajstić information content (AvgIpc) is 2.68. The van der Waals surface area contributed by atoms with Gasteiger partial charge in [0.05, 0.1) is 5.41 Å². The second-order valence-electron chi connectivity index (χ2n) is 9.60. The SMILES string of the molecule is CCC1(C(=O)OC2CC(C(O)(C(F)(F)F)C(F)(F)F)CC(C(O)(C(F)(F)F)C(F)(F)F)C2)CCC1C. The molecule has 4 nitrogen and oxygen atoms in total. The summed E-state index contributed by atoms with van der Waals surface area (Å²) >= 11 is 0. The van der Waals surface area contributed by atoms with Crippen molar-refractivity contribution in [1.82, 2.24) is 0 Å². The smallest absolute Gasteiger partial charge is 0.426 e. The van der Waals surface area contributed by atoms with E-state index in [0.717, 1.165) is 0 Å². The lowest BCUT2D eigenvalue weighted by Crippen LogP contribution is -2.67. The molecule has 0 aromatic rings. The zero-order chi connectivity index (χ0) is 28.3. The van der Waals surface area contributed by atoms with E-state index < -0.39 is 84.5 Å².